The molecule has 0 bridgehead atoms. The van der Waals surface area contributed by atoms with E-state index in [-0.39, 0.29) is 0 Å². The summed E-state index contributed by atoms with van der Waals surface area (Å²) in [6.45, 7) is 0. The van der Waals surface area contributed by atoms with E-state index in [2.05, 4.69) is 261 Å². The lowest BCUT2D eigenvalue weighted by Gasteiger charge is -2.26. The molecule has 4 nitrogen and oxygen atoms in total. The van der Waals surface area contributed by atoms with Crippen LogP contribution in [0.5, 0.6) is 0 Å². The fraction of sp³-hybridized carbons (Fsp3) is 0. The zero-order valence-electron chi connectivity index (χ0n) is 37.9. The number of nitrogens with zero attached hydrogens (tertiary/aromatic N) is 4. The van der Waals surface area contributed by atoms with Crippen LogP contribution >= 0.6 is 0 Å². The maximum atomic E-state index is 2.50. The molecule has 4 heteroatoms. The first-order valence-corrected chi connectivity index (χ1v) is 24.2. The number of hydrogen-bond donors (Lipinski definition) is 0. The molecule has 70 heavy (non-hydrogen) atoms. The molecule has 0 amide bonds. The maximum Gasteiger partial charge on any atom is 0.0622 e. The molecule has 16 aromatic rings. The van der Waals surface area contributed by atoms with Crippen LogP contribution in [0.4, 0.5) is 17.1 Å². The van der Waals surface area contributed by atoms with Crippen molar-refractivity contribution in [3.8, 4) is 27.9 Å². The van der Waals surface area contributed by atoms with Crippen molar-refractivity contribution in [1.29, 1.82) is 0 Å². The third-order valence-corrected chi connectivity index (χ3v) is 15.2. The van der Waals surface area contributed by atoms with Gasteiger partial charge in [0.05, 0.1) is 44.1 Å². The van der Waals surface area contributed by atoms with Crippen molar-refractivity contribution < 1.29 is 0 Å². The number of hydrogen-bond acceptors (Lipinski definition) is 1. The van der Waals surface area contributed by atoms with Gasteiger partial charge < -0.3 is 18.3 Å². The molecule has 324 valence electrons. The molecule has 0 atom stereocenters. The molecule has 0 aliphatic heterocycles. The summed E-state index contributed by atoms with van der Waals surface area (Å²) < 4.78 is 7.40. The van der Waals surface area contributed by atoms with E-state index in [1.807, 2.05) is 0 Å². The molecule has 0 aliphatic carbocycles. The van der Waals surface area contributed by atoms with Crippen molar-refractivity contribution in [2.45, 2.75) is 0 Å². The highest BCUT2D eigenvalue weighted by molar-refractivity contribution is 6.26. The summed E-state index contributed by atoms with van der Waals surface area (Å²) in [4.78, 5) is 2.50. The molecule has 0 fully saturated rings. The number of rotatable bonds is 6. The van der Waals surface area contributed by atoms with Gasteiger partial charge in [0.15, 0.2) is 0 Å². The van der Waals surface area contributed by atoms with E-state index in [4.69, 9.17) is 0 Å². The first-order valence-electron chi connectivity index (χ1n) is 24.2. The molecule has 16 rings (SSSR count). The Balaban J connectivity index is 0.968. The zero-order chi connectivity index (χ0) is 45.6. The molecule has 5 aromatic heterocycles. The van der Waals surface area contributed by atoms with Crippen molar-refractivity contribution >= 4 is 115 Å². The Bertz CT molecular complexity index is 4300. The summed E-state index contributed by atoms with van der Waals surface area (Å²) in [6.07, 6.45) is 0. The van der Waals surface area contributed by atoms with Gasteiger partial charge in [-0.25, -0.2) is 0 Å². The third-order valence-electron chi connectivity index (χ3n) is 15.2. The van der Waals surface area contributed by atoms with E-state index in [1.54, 1.807) is 0 Å². The van der Waals surface area contributed by atoms with Gasteiger partial charge in [0, 0.05) is 76.6 Å². The highest BCUT2D eigenvalue weighted by Gasteiger charge is 2.25. The van der Waals surface area contributed by atoms with Crippen LogP contribution in [0.25, 0.3) is 126 Å². The van der Waals surface area contributed by atoms with Gasteiger partial charge in [-0.1, -0.05) is 158 Å². The average Bonchev–Trinajstić information content (AvgIpc) is 4.22. The second-order valence-corrected chi connectivity index (χ2v) is 18.9. The Kier molecular flexibility index (Phi) is 7.58. The van der Waals surface area contributed by atoms with Crippen LogP contribution < -0.4 is 4.90 Å². The van der Waals surface area contributed by atoms with E-state index in [0.29, 0.717) is 0 Å². The SMILES string of the molecule is c1ccc(-c2ccc3c4ccc(-c5ccccc5)cc4n(-c4ccc(N(c5cc6c7ccccc7n7c8ccccc8c(c5)c67)c5cc6c7ccccc7n7c8ccccc8c(c5)c67)cc4)c3c2)cc1. The van der Waals surface area contributed by atoms with Crippen LogP contribution in [-0.4, -0.2) is 13.4 Å². The van der Waals surface area contributed by atoms with Crippen molar-refractivity contribution in [3.05, 3.63) is 243 Å². The second-order valence-electron chi connectivity index (χ2n) is 18.9. The van der Waals surface area contributed by atoms with E-state index in [1.165, 1.54) is 120 Å². The Labute approximate surface area is 402 Å². The van der Waals surface area contributed by atoms with Gasteiger partial charge in [-0.05, 0) is 107 Å². The third kappa shape index (κ3) is 5.14. The predicted octanol–water partition coefficient (Wildman–Crippen LogP) is 17.9. The Morgan fingerprint density at radius 1 is 0.229 bits per heavy atom. The van der Waals surface area contributed by atoms with E-state index in [0.717, 1.165) is 22.7 Å². The fourth-order valence-electron chi connectivity index (χ4n) is 12.2. The van der Waals surface area contributed by atoms with Crippen molar-refractivity contribution in [1.82, 2.24) is 13.4 Å². The minimum Gasteiger partial charge on any atom is -0.310 e. The maximum absolute atomic E-state index is 2.50. The van der Waals surface area contributed by atoms with Crippen molar-refractivity contribution in [3.63, 3.8) is 0 Å². The molecule has 0 N–H and O–H groups in total. The van der Waals surface area contributed by atoms with Crippen molar-refractivity contribution in [2.24, 2.45) is 0 Å². The molecule has 0 spiro atoms. The lowest BCUT2D eigenvalue weighted by molar-refractivity contribution is 1.17. The molecule has 0 saturated carbocycles. The molecule has 0 aliphatic rings. The van der Waals surface area contributed by atoms with Crippen LogP contribution in [0, 0.1) is 0 Å². The van der Waals surface area contributed by atoms with E-state index < -0.39 is 0 Å². The Hall–Kier alpha value is -9.38. The molecule has 0 unspecified atom stereocenters. The highest BCUT2D eigenvalue weighted by atomic mass is 15.1. The summed E-state index contributed by atoms with van der Waals surface area (Å²) in [5.74, 6) is 0. The molecule has 0 saturated heterocycles. The van der Waals surface area contributed by atoms with Crippen LogP contribution in [-0.2, 0) is 0 Å². The average molecular weight is 889 g/mol. The van der Waals surface area contributed by atoms with Gasteiger partial charge in [-0.2, -0.15) is 0 Å². The summed E-state index contributed by atoms with van der Waals surface area (Å²) >= 11 is 0. The minimum absolute atomic E-state index is 1.09. The molecule has 11 aromatic carbocycles. The number of aromatic nitrogens is 3. The van der Waals surface area contributed by atoms with Gasteiger partial charge in [0.1, 0.15) is 0 Å². The lowest BCUT2D eigenvalue weighted by atomic mass is 10.0. The minimum atomic E-state index is 1.09. The highest BCUT2D eigenvalue weighted by Crippen LogP contribution is 2.48. The van der Waals surface area contributed by atoms with Gasteiger partial charge in [0.25, 0.3) is 0 Å². The summed E-state index contributed by atoms with van der Waals surface area (Å²) in [5, 5.41) is 12.5. The fourth-order valence-corrected chi connectivity index (χ4v) is 12.2. The monoisotopic (exact) mass is 888 g/mol. The normalized spacial score (nSPS) is 12.3. The number of benzene rings is 11. The summed E-state index contributed by atoms with van der Waals surface area (Å²) in [6, 6.07) is 89.9. The zero-order valence-corrected chi connectivity index (χ0v) is 37.9. The first-order chi connectivity index (χ1) is 34.7. The van der Waals surface area contributed by atoms with Gasteiger partial charge in [-0.15, -0.1) is 0 Å². The Morgan fingerprint density at radius 3 is 0.957 bits per heavy atom. The lowest BCUT2D eigenvalue weighted by Crippen LogP contribution is -2.10. The van der Waals surface area contributed by atoms with Crippen molar-refractivity contribution in [2.75, 3.05) is 4.90 Å². The number of fused-ring (bicyclic) bond motifs is 15. The largest absolute Gasteiger partial charge is 0.310 e. The van der Waals surface area contributed by atoms with Crippen LogP contribution in [0.2, 0.25) is 0 Å². The molecule has 5 heterocycles. The Morgan fingerprint density at radius 2 is 0.571 bits per heavy atom. The molecular weight excluding hydrogens is 849 g/mol. The van der Waals surface area contributed by atoms with Crippen LogP contribution in [0.15, 0.2) is 243 Å². The first kappa shape index (κ1) is 37.7. The van der Waals surface area contributed by atoms with Gasteiger partial charge >= 0.3 is 0 Å². The number of para-hydroxylation sites is 4. The molecule has 0 radical (unpaired) electrons. The molecular formula is C66H40N4. The van der Waals surface area contributed by atoms with Gasteiger partial charge in [-0.3, -0.25) is 0 Å². The predicted molar refractivity (Wildman–Crippen MR) is 296 cm³/mol. The van der Waals surface area contributed by atoms with E-state index in [9.17, 15) is 0 Å². The summed E-state index contributed by atoms with van der Waals surface area (Å²) in [7, 11) is 0. The van der Waals surface area contributed by atoms with Crippen LogP contribution in [0.1, 0.15) is 0 Å². The number of anilines is 3. The van der Waals surface area contributed by atoms with E-state index >= 15 is 0 Å². The second kappa shape index (κ2) is 14.1. The topological polar surface area (TPSA) is 17.0 Å². The van der Waals surface area contributed by atoms with Gasteiger partial charge in [0.2, 0.25) is 0 Å². The smallest absolute Gasteiger partial charge is 0.0622 e. The van der Waals surface area contributed by atoms with Crippen LogP contribution in [0.3, 0.4) is 0 Å². The quantitative estimate of drug-likeness (QED) is 0.163. The summed E-state index contributed by atoms with van der Waals surface area (Å²) in [5.41, 5.74) is 19.0. The standard InChI is InChI=1S/C66H40N4/c1-3-15-41(16-4-1)43-27-33-53-54-34-28-44(42-17-5-2-6-18-42)36-64(54)68(63(53)35-43)46-31-29-45(30-32-46)67(47-37-55-49-19-7-11-23-59(49)69-60-24-12-8-20-50(60)56(38-47)65(55)69)48-39-57-51-21-9-13-25-61(51)70-62-26-14-10-22-52(62)58(40-48)66(57)70/h1-40H.